The van der Waals surface area contributed by atoms with Crippen molar-refractivity contribution in [2.24, 2.45) is 0 Å². The number of nitrogens with one attached hydrogen (secondary N) is 4. The summed E-state index contributed by atoms with van der Waals surface area (Å²) in [6.45, 7) is 6.67. The summed E-state index contributed by atoms with van der Waals surface area (Å²) in [5, 5.41) is 17.9. The molecule has 0 spiro atoms. The van der Waals surface area contributed by atoms with Gasteiger partial charge in [0.25, 0.3) is 11.1 Å². The van der Waals surface area contributed by atoms with Crippen LogP contribution in [0.2, 0.25) is 0 Å². The number of piperazine rings is 1. The largest absolute Gasteiger partial charge is 0.328 e. The molecule has 168 valence electrons. The second-order valence-electron chi connectivity index (χ2n) is 7.92. The summed E-state index contributed by atoms with van der Waals surface area (Å²) >= 11 is 0. The molecule has 0 saturated carbocycles. The van der Waals surface area contributed by atoms with Gasteiger partial charge in [-0.2, -0.15) is 10.5 Å². The molecule has 12 heteroatoms. The number of nitrogens with zero attached hydrogens (tertiary/aromatic N) is 4. The summed E-state index contributed by atoms with van der Waals surface area (Å²) < 4.78 is 2.74. The number of H-pyrrole nitrogens is 2. The van der Waals surface area contributed by atoms with Crippen LogP contribution in [0.15, 0.2) is 31.6 Å². The van der Waals surface area contributed by atoms with Crippen molar-refractivity contribution < 1.29 is 9.80 Å². The van der Waals surface area contributed by atoms with Gasteiger partial charge in [0.1, 0.15) is 49.4 Å². The van der Waals surface area contributed by atoms with Crippen LogP contribution in [-0.4, -0.2) is 58.4 Å². The smallest absolute Gasteiger partial charge is 0.326 e. The first-order chi connectivity index (χ1) is 15.4. The van der Waals surface area contributed by atoms with Crippen molar-refractivity contribution in [3.63, 3.8) is 0 Å². The van der Waals surface area contributed by atoms with E-state index in [1.54, 1.807) is 12.1 Å². The van der Waals surface area contributed by atoms with Crippen LogP contribution in [-0.2, 0) is 13.1 Å². The van der Waals surface area contributed by atoms with Crippen molar-refractivity contribution in [3.05, 3.63) is 65.2 Å². The van der Waals surface area contributed by atoms with Crippen molar-refractivity contribution in [3.8, 4) is 12.1 Å². The summed E-state index contributed by atoms with van der Waals surface area (Å²) in [5.41, 5.74) is -2.45. The Morgan fingerprint density at radius 3 is 1.47 bits per heavy atom. The number of nitriles is 2. The molecule has 3 heterocycles. The van der Waals surface area contributed by atoms with Crippen molar-refractivity contribution in [1.29, 1.82) is 10.5 Å². The molecular formula is C20H26N8O4+2. The first-order valence-electron chi connectivity index (χ1n) is 10.6. The van der Waals surface area contributed by atoms with Gasteiger partial charge in [-0.25, -0.2) is 9.59 Å². The number of hydrogen-bond donors (Lipinski definition) is 4. The number of aromatic amines is 2. The molecule has 2 aromatic rings. The molecule has 0 unspecified atom stereocenters. The topological polar surface area (TPSA) is 166 Å². The second-order valence-corrected chi connectivity index (χ2v) is 7.92. The van der Waals surface area contributed by atoms with Gasteiger partial charge < -0.3 is 9.80 Å². The van der Waals surface area contributed by atoms with Crippen LogP contribution in [0.4, 0.5) is 0 Å². The normalized spacial score (nSPS) is 18.1. The summed E-state index contributed by atoms with van der Waals surface area (Å²) in [4.78, 5) is 53.8. The molecule has 1 saturated heterocycles. The van der Waals surface area contributed by atoms with Crippen LogP contribution in [0, 0.1) is 22.7 Å². The zero-order valence-electron chi connectivity index (χ0n) is 17.6. The third-order valence-electron chi connectivity index (χ3n) is 5.79. The summed E-state index contributed by atoms with van der Waals surface area (Å²) in [5.74, 6) is 0. The standard InChI is InChI=1S/C20H24N8O4/c21-11-15-13-27(19(31)23-17(15)29)5-1-3-25-7-9-26(10-8-25)4-2-6-28-14-16(12-22)18(30)24-20(28)32/h13-14H,1-10H2,(H,23,29,31)(H,24,30,32)/p+2. The minimum absolute atomic E-state index is 0.0675. The predicted octanol–water partition coefficient (Wildman–Crippen LogP) is -4.61. The van der Waals surface area contributed by atoms with Crippen molar-refractivity contribution in [1.82, 2.24) is 19.1 Å². The van der Waals surface area contributed by atoms with Gasteiger partial charge in [-0.1, -0.05) is 0 Å². The average Bonchev–Trinajstić information content (AvgIpc) is 2.77. The summed E-state index contributed by atoms with van der Waals surface area (Å²) in [7, 11) is 0. The van der Waals surface area contributed by atoms with E-state index in [4.69, 9.17) is 10.5 Å². The molecule has 1 fully saturated rings. The Kier molecular flexibility index (Phi) is 7.54. The lowest BCUT2D eigenvalue weighted by Gasteiger charge is -2.29. The number of quaternary nitrogens is 2. The number of hydrogen-bond acceptors (Lipinski definition) is 6. The Hall–Kier alpha value is -3.74. The van der Waals surface area contributed by atoms with Gasteiger partial charge in [0.2, 0.25) is 0 Å². The van der Waals surface area contributed by atoms with E-state index < -0.39 is 22.5 Å². The molecule has 2 aromatic heterocycles. The zero-order valence-corrected chi connectivity index (χ0v) is 17.6. The fourth-order valence-corrected chi connectivity index (χ4v) is 3.97. The highest BCUT2D eigenvalue weighted by atomic mass is 16.2. The van der Waals surface area contributed by atoms with Crippen LogP contribution in [0.1, 0.15) is 24.0 Å². The maximum absolute atomic E-state index is 11.8. The third-order valence-corrected chi connectivity index (χ3v) is 5.79. The van der Waals surface area contributed by atoms with Crippen molar-refractivity contribution >= 4 is 0 Å². The molecule has 1 aliphatic rings. The highest BCUT2D eigenvalue weighted by Crippen LogP contribution is 1.89. The first-order valence-corrected chi connectivity index (χ1v) is 10.6. The molecule has 0 bridgehead atoms. The summed E-state index contributed by atoms with van der Waals surface area (Å²) in [6.07, 6.45) is 4.15. The molecule has 0 amide bonds. The quantitative estimate of drug-likeness (QED) is 0.321. The van der Waals surface area contributed by atoms with Gasteiger partial charge in [-0.15, -0.1) is 0 Å². The fraction of sp³-hybridized carbons (Fsp3) is 0.500. The number of rotatable bonds is 8. The molecule has 0 aromatic carbocycles. The minimum atomic E-state index is -0.658. The van der Waals surface area contributed by atoms with E-state index in [-0.39, 0.29) is 11.1 Å². The molecular weight excluding hydrogens is 416 g/mol. The van der Waals surface area contributed by atoms with E-state index in [0.717, 1.165) is 52.1 Å². The van der Waals surface area contributed by atoms with Gasteiger partial charge in [0.05, 0.1) is 13.1 Å². The van der Waals surface area contributed by atoms with Crippen LogP contribution in [0.5, 0.6) is 0 Å². The van der Waals surface area contributed by atoms with Gasteiger partial charge in [0, 0.05) is 38.3 Å². The number of aryl methyl sites for hydroxylation is 2. The third kappa shape index (κ3) is 5.69. The Morgan fingerprint density at radius 2 is 1.12 bits per heavy atom. The van der Waals surface area contributed by atoms with E-state index in [2.05, 4.69) is 9.97 Å². The summed E-state index contributed by atoms with van der Waals surface area (Å²) in [6, 6.07) is 3.57. The van der Waals surface area contributed by atoms with Crippen LogP contribution in [0.25, 0.3) is 0 Å². The lowest BCUT2D eigenvalue weighted by Crippen LogP contribution is -3.28. The van der Waals surface area contributed by atoms with Crippen LogP contribution >= 0.6 is 0 Å². The molecule has 3 rings (SSSR count). The second kappa shape index (κ2) is 10.5. The predicted molar refractivity (Wildman–Crippen MR) is 112 cm³/mol. The zero-order chi connectivity index (χ0) is 23.1. The van der Waals surface area contributed by atoms with E-state index in [9.17, 15) is 19.2 Å². The minimum Gasteiger partial charge on any atom is -0.326 e. The SMILES string of the molecule is N#Cc1cn(CCC[NH+]2CC[NH+](CCCn3cc(C#N)c(=O)[nH]c3=O)CC2)c(=O)[nH]c1=O. The van der Waals surface area contributed by atoms with E-state index in [1.807, 2.05) is 0 Å². The fourth-order valence-electron chi connectivity index (χ4n) is 3.97. The van der Waals surface area contributed by atoms with Gasteiger partial charge in [0.15, 0.2) is 0 Å². The highest BCUT2D eigenvalue weighted by Gasteiger charge is 2.22. The molecule has 1 aliphatic heterocycles. The molecule has 0 aliphatic carbocycles. The molecule has 0 radical (unpaired) electrons. The van der Waals surface area contributed by atoms with E-state index in [1.165, 1.54) is 31.3 Å². The Morgan fingerprint density at radius 1 is 0.750 bits per heavy atom. The van der Waals surface area contributed by atoms with Gasteiger partial charge in [-0.05, 0) is 0 Å². The highest BCUT2D eigenvalue weighted by molar-refractivity contribution is 5.22. The van der Waals surface area contributed by atoms with Crippen molar-refractivity contribution in [2.45, 2.75) is 25.9 Å². The molecule has 0 atom stereocenters. The maximum atomic E-state index is 11.8. The Balaban J connectivity index is 1.40. The van der Waals surface area contributed by atoms with Crippen molar-refractivity contribution in [2.75, 3.05) is 39.3 Å². The molecule has 32 heavy (non-hydrogen) atoms. The number of aromatic nitrogens is 4. The van der Waals surface area contributed by atoms with Crippen LogP contribution in [0.3, 0.4) is 0 Å². The lowest BCUT2D eigenvalue weighted by molar-refractivity contribution is -1.01. The lowest BCUT2D eigenvalue weighted by atomic mass is 10.2. The maximum Gasteiger partial charge on any atom is 0.328 e. The van der Waals surface area contributed by atoms with Gasteiger partial charge in [-0.3, -0.25) is 28.7 Å². The Labute approximate surface area is 182 Å². The first kappa shape index (κ1) is 22.9. The Bertz CT molecular complexity index is 1170. The van der Waals surface area contributed by atoms with Gasteiger partial charge >= 0.3 is 11.4 Å². The molecule has 12 nitrogen and oxygen atoms in total. The molecule has 4 N–H and O–H groups in total. The van der Waals surface area contributed by atoms with Crippen LogP contribution < -0.4 is 32.3 Å². The average molecular weight is 442 g/mol. The van der Waals surface area contributed by atoms with E-state index >= 15 is 0 Å². The monoisotopic (exact) mass is 442 g/mol. The van der Waals surface area contributed by atoms with E-state index in [0.29, 0.717) is 13.1 Å².